The number of hydrogen-bond acceptors (Lipinski definition) is 3. The summed E-state index contributed by atoms with van der Waals surface area (Å²) < 4.78 is 0. The molecule has 0 bridgehead atoms. The summed E-state index contributed by atoms with van der Waals surface area (Å²) in [6.45, 7) is 4.04. The molecule has 1 aromatic heterocycles. The highest BCUT2D eigenvalue weighted by atomic mass is 32.1. The normalized spacial score (nSPS) is 13.7. The maximum atomic E-state index is 12.0. The van der Waals surface area contributed by atoms with Gasteiger partial charge in [0.05, 0.1) is 13.0 Å². The van der Waals surface area contributed by atoms with Crippen LogP contribution in [0.15, 0.2) is 41.1 Å². The largest absolute Gasteiger partial charge is 0.384 e. The van der Waals surface area contributed by atoms with Crippen LogP contribution < -0.4 is 5.32 Å². The van der Waals surface area contributed by atoms with E-state index in [0.29, 0.717) is 6.42 Å². The molecule has 2 rings (SSSR count). The van der Waals surface area contributed by atoms with Gasteiger partial charge in [-0.1, -0.05) is 31.2 Å². The van der Waals surface area contributed by atoms with Crippen LogP contribution in [0.5, 0.6) is 0 Å². The maximum Gasteiger partial charge on any atom is 0.224 e. The Hall–Kier alpha value is -1.65. The summed E-state index contributed by atoms with van der Waals surface area (Å²) in [6.07, 6.45) is 1.33. The van der Waals surface area contributed by atoms with Crippen molar-refractivity contribution in [3.05, 3.63) is 57.8 Å². The van der Waals surface area contributed by atoms with E-state index in [1.165, 1.54) is 16.9 Å². The summed E-state index contributed by atoms with van der Waals surface area (Å²) >= 11 is 1.53. The van der Waals surface area contributed by atoms with Gasteiger partial charge in [-0.05, 0) is 46.9 Å². The van der Waals surface area contributed by atoms with Gasteiger partial charge >= 0.3 is 0 Å². The fourth-order valence-corrected chi connectivity index (χ4v) is 2.87. The van der Waals surface area contributed by atoms with E-state index in [1.807, 2.05) is 41.1 Å². The quantitative estimate of drug-likeness (QED) is 0.862. The van der Waals surface area contributed by atoms with Crippen molar-refractivity contribution in [1.82, 2.24) is 5.32 Å². The molecule has 0 aliphatic rings. The number of thiophene rings is 1. The van der Waals surface area contributed by atoms with Crippen molar-refractivity contribution in [3.63, 3.8) is 0 Å². The van der Waals surface area contributed by atoms with Gasteiger partial charge in [-0.2, -0.15) is 11.3 Å². The third kappa shape index (κ3) is 4.41. The van der Waals surface area contributed by atoms with Crippen molar-refractivity contribution < 1.29 is 9.90 Å². The van der Waals surface area contributed by atoms with E-state index in [-0.39, 0.29) is 12.5 Å². The van der Waals surface area contributed by atoms with Gasteiger partial charge in [0.1, 0.15) is 5.60 Å². The Balaban J connectivity index is 1.87. The minimum Gasteiger partial charge on any atom is -0.384 e. The lowest BCUT2D eigenvalue weighted by Gasteiger charge is -2.22. The van der Waals surface area contributed by atoms with Crippen LogP contribution in [0.25, 0.3) is 0 Å². The first-order valence-electron chi connectivity index (χ1n) is 7.11. The molecule has 2 N–H and O–H groups in total. The van der Waals surface area contributed by atoms with Crippen LogP contribution in [-0.2, 0) is 23.2 Å². The van der Waals surface area contributed by atoms with Crippen molar-refractivity contribution in [2.45, 2.75) is 32.3 Å². The van der Waals surface area contributed by atoms with E-state index in [1.54, 1.807) is 6.92 Å². The third-order valence-corrected chi connectivity index (χ3v) is 4.25. The highest BCUT2D eigenvalue weighted by Gasteiger charge is 2.24. The Bertz CT molecular complexity index is 573. The molecule has 3 nitrogen and oxygen atoms in total. The Morgan fingerprint density at radius 3 is 2.48 bits per heavy atom. The fourth-order valence-electron chi connectivity index (χ4n) is 2.08. The number of carbonyl (C=O) groups is 1. The number of carbonyl (C=O) groups excluding carboxylic acids is 1. The molecule has 0 aliphatic carbocycles. The zero-order chi connectivity index (χ0) is 15.3. The summed E-state index contributed by atoms with van der Waals surface area (Å²) in [5.74, 6) is -0.0743. The average molecular weight is 303 g/mol. The molecule has 2 aromatic rings. The summed E-state index contributed by atoms with van der Waals surface area (Å²) in [5, 5.41) is 17.0. The molecule has 21 heavy (non-hydrogen) atoms. The van der Waals surface area contributed by atoms with Gasteiger partial charge in [-0.25, -0.2) is 0 Å². The summed E-state index contributed by atoms with van der Waals surface area (Å²) in [5.41, 5.74) is 2.06. The zero-order valence-corrected chi connectivity index (χ0v) is 13.2. The van der Waals surface area contributed by atoms with Gasteiger partial charge in [-0.3, -0.25) is 4.79 Å². The van der Waals surface area contributed by atoms with E-state index in [2.05, 4.69) is 12.2 Å². The molecule has 1 atom stereocenters. The standard InChI is InChI=1S/C17H21NO2S/c1-3-13-4-6-14(7-5-13)10-16(19)18-12-17(2,20)15-8-9-21-11-15/h4-9,11,20H,3,10,12H2,1-2H3,(H,18,19). The monoisotopic (exact) mass is 303 g/mol. The number of aliphatic hydroxyl groups is 1. The summed E-state index contributed by atoms with van der Waals surface area (Å²) in [6, 6.07) is 9.93. The Morgan fingerprint density at radius 1 is 1.24 bits per heavy atom. The highest BCUT2D eigenvalue weighted by molar-refractivity contribution is 7.08. The third-order valence-electron chi connectivity index (χ3n) is 3.57. The molecule has 0 fully saturated rings. The molecule has 0 spiro atoms. The molecule has 1 amide bonds. The first-order valence-corrected chi connectivity index (χ1v) is 8.05. The molecule has 0 saturated carbocycles. The summed E-state index contributed by atoms with van der Waals surface area (Å²) in [4.78, 5) is 12.0. The lowest BCUT2D eigenvalue weighted by atomic mass is 9.99. The van der Waals surface area contributed by atoms with Crippen molar-refractivity contribution >= 4 is 17.2 Å². The molecule has 1 aromatic carbocycles. The molecule has 4 heteroatoms. The molecule has 112 valence electrons. The first kappa shape index (κ1) is 15.7. The number of rotatable bonds is 6. The minimum absolute atomic E-state index is 0.0743. The number of benzene rings is 1. The van der Waals surface area contributed by atoms with Crippen molar-refractivity contribution in [2.24, 2.45) is 0 Å². The molecule has 0 radical (unpaired) electrons. The molecule has 1 heterocycles. The van der Waals surface area contributed by atoms with Crippen LogP contribution in [0.3, 0.4) is 0 Å². The lowest BCUT2D eigenvalue weighted by molar-refractivity contribution is -0.121. The molecule has 0 saturated heterocycles. The van der Waals surface area contributed by atoms with Gasteiger partial charge in [0.2, 0.25) is 5.91 Å². The fraction of sp³-hybridized carbons (Fsp3) is 0.353. The molecular weight excluding hydrogens is 282 g/mol. The Kier molecular flexibility index (Phi) is 5.15. The van der Waals surface area contributed by atoms with E-state index in [9.17, 15) is 9.90 Å². The molecule has 1 unspecified atom stereocenters. The van der Waals surface area contributed by atoms with E-state index in [4.69, 9.17) is 0 Å². The number of amides is 1. The van der Waals surface area contributed by atoms with E-state index in [0.717, 1.165) is 17.5 Å². The van der Waals surface area contributed by atoms with Crippen molar-refractivity contribution in [3.8, 4) is 0 Å². The van der Waals surface area contributed by atoms with Crippen LogP contribution in [-0.4, -0.2) is 17.6 Å². The maximum absolute atomic E-state index is 12.0. The van der Waals surface area contributed by atoms with Gasteiger partial charge in [0.15, 0.2) is 0 Å². The van der Waals surface area contributed by atoms with E-state index < -0.39 is 5.60 Å². The SMILES string of the molecule is CCc1ccc(CC(=O)NCC(C)(O)c2ccsc2)cc1. The minimum atomic E-state index is -1.03. The average Bonchev–Trinajstić information content (AvgIpc) is 3.01. The second-order valence-electron chi connectivity index (χ2n) is 5.41. The Labute approximate surface area is 129 Å². The Morgan fingerprint density at radius 2 is 1.90 bits per heavy atom. The summed E-state index contributed by atoms with van der Waals surface area (Å²) in [7, 11) is 0. The first-order chi connectivity index (χ1) is 10.0. The predicted molar refractivity (Wildman–Crippen MR) is 86.4 cm³/mol. The second kappa shape index (κ2) is 6.87. The van der Waals surface area contributed by atoms with Crippen molar-refractivity contribution in [2.75, 3.05) is 6.54 Å². The van der Waals surface area contributed by atoms with E-state index >= 15 is 0 Å². The number of aryl methyl sites for hydroxylation is 1. The van der Waals surface area contributed by atoms with Gasteiger partial charge in [0.25, 0.3) is 0 Å². The highest BCUT2D eigenvalue weighted by Crippen LogP contribution is 2.22. The molecule has 0 aliphatic heterocycles. The van der Waals surface area contributed by atoms with Gasteiger partial charge in [-0.15, -0.1) is 0 Å². The second-order valence-corrected chi connectivity index (χ2v) is 6.19. The topological polar surface area (TPSA) is 49.3 Å². The molecular formula is C17H21NO2S. The predicted octanol–water partition coefficient (Wildman–Crippen LogP) is 2.88. The van der Waals surface area contributed by atoms with Gasteiger partial charge in [0, 0.05) is 0 Å². The van der Waals surface area contributed by atoms with Crippen LogP contribution >= 0.6 is 11.3 Å². The van der Waals surface area contributed by atoms with Crippen LogP contribution in [0.1, 0.15) is 30.5 Å². The lowest BCUT2D eigenvalue weighted by Crippen LogP contribution is -2.39. The van der Waals surface area contributed by atoms with Crippen LogP contribution in [0.4, 0.5) is 0 Å². The number of hydrogen-bond donors (Lipinski definition) is 2. The van der Waals surface area contributed by atoms with Gasteiger partial charge < -0.3 is 10.4 Å². The number of nitrogens with one attached hydrogen (secondary N) is 1. The van der Waals surface area contributed by atoms with Crippen LogP contribution in [0, 0.1) is 0 Å². The smallest absolute Gasteiger partial charge is 0.224 e. The zero-order valence-electron chi connectivity index (χ0n) is 12.4. The van der Waals surface area contributed by atoms with Crippen LogP contribution in [0.2, 0.25) is 0 Å². The van der Waals surface area contributed by atoms with Crippen molar-refractivity contribution in [1.29, 1.82) is 0 Å².